The molecule has 0 heterocycles. The van der Waals surface area contributed by atoms with E-state index in [1.165, 1.54) is 6.07 Å². The molecule has 4 nitrogen and oxygen atoms in total. The van der Waals surface area contributed by atoms with Crippen molar-refractivity contribution in [3.05, 3.63) is 34.6 Å². The van der Waals surface area contributed by atoms with Gasteiger partial charge in [-0.05, 0) is 32.4 Å². The quantitative estimate of drug-likeness (QED) is 0.286. The molecule has 0 radical (unpaired) electrons. The first-order valence-corrected chi connectivity index (χ1v) is 8.11. The number of benzene rings is 1. The molecule has 2 atom stereocenters. The molecule has 1 fully saturated rings. The van der Waals surface area contributed by atoms with Crippen LogP contribution in [0.3, 0.4) is 0 Å². The van der Waals surface area contributed by atoms with Crippen molar-refractivity contribution in [2.75, 3.05) is 26.3 Å². The minimum atomic E-state index is -0.236. The lowest BCUT2D eigenvalue weighted by Gasteiger charge is -2.12. The van der Waals surface area contributed by atoms with Crippen LogP contribution >= 0.6 is 35.6 Å². The molecule has 0 spiro atoms. The van der Waals surface area contributed by atoms with Gasteiger partial charge >= 0.3 is 0 Å². The van der Waals surface area contributed by atoms with Crippen LogP contribution in [0.2, 0.25) is 5.02 Å². The normalized spacial score (nSPS) is 19.9. The zero-order valence-corrected chi connectivity index (χ0v) is 16.5. The van der Waals surface area contributed by atoms with E-state index in [4.69, 9.17) is 16.3 Å². The summed E-state index contributed by atoms with van der Waals surface area (Å²) in [5.74, 6) is 0.603. The van der Waals surface area contributed by atoms with E-state index in [0.29, 0.717) is 30.3 Å². The lowest BCUT2D eigenvalue weighted by molar-refractivity contribution is 0.155. The third-order valence-corrected chi connectivity index (χ3v) is 3.87. The Balaban J connectivity index is 0.00000264. The largest absolute Gasteiger partial charge is 0.380 e. The first-order valence-electron chi connectivity index (χ1n) is 7.73. The fourth-order valence-corrected chi connectivity index (χ4v) is 2.70. The third-order valence-electron chi connectivity index (χ3n) is 3.54. The van der Waals surface area contributed by atoms with E-state index in [1.54, 1.807) is 12.1 Å². The van der Waals surface area contributed by atoms with Gasteiger partial charge in [0.25, 0.3) is 0 Å². The van der Waals surface area contributed by atoms with Gasteiger partial charge in [0.05, 0.1) is 13.2 Å². The zero-order chi connectivity index (χ0) is 15.9. The fraction of sp³-hybridized carbons (Fsp3) is 0.562. The summed E-state index contributed by atoms with van der Waals surface area (Å²) in [5, 5.41) is 7.01. The van der Waals surface area contributed by atoms with Gasteiger partial charge in [-0.15, -0.1) is 24.0 Å². The zero-order valence-electron chi connectivity index (χ0n) is 13.4. The Hall–Kier alpha value is -0.600. The van der Waals surface area contributed by atoms with Gasteiger partial charge in [-0.2, -0.15) is 0 Å². The van der Waals surface area contributed by atoms with Crippen molar-refractivity contribution in [3.8, 4) is 0 Å². The molecule has 1 aliphatic carbocycles. The summed E-state index contributed by atoms with van der Waals surface area (Å²) in [6, 6.07) is 4.99. The maximum absolute atomic E-state index is 13.9. The van der Waals surface area contributed by atoms with Gasteiger partial charge in [-0.3, -0.25) is 4.99 Å². The predicted molar refractivity (Wildman–Crippen MR) is 104 cm³/mol. The summed E-state index contributed by atoms with van der Waals surface area (Å²) in [6.45, 7) is 6.63. The second-order valence-electron chi connectivity index (χ2n) is 5.19. The molecular formula is C16H24ClFIN3O. The fourth-order valence-electron chi connectivity index (χ4n) is 2.40. The van der Waals surface area contributed by atoms with Crippen LogP contribution in [-0.2, 0) is 4.74 Å². The van der Waals surface area contributed by atoms with Crippen LogP contribution in [0.15, 0.2) is 23.2 Å². The van der Waals surface area contributed by atoms with E-state index in [1.807, 2.05) is 13.8 Å². The van der Waals surface area contributed by atoms with E-state index in [0.717, 1.165) is 18.9 Å². The van der Waals surface area contributed by atoms with Gasteiger partial charge < -0.3 is 15.4 Å². The van der Waals surface area contributed by atoms with Gasteiger partial charge in [-0.1, -0.05) is 17.7 Å². The average Bonchev–Trinajstić information content (AvgIpc) is 3.22. The number of nitrogens with zero attached hydrogens (tertiary/aromatic N) is 1. The van der Waals surface area contributed by atoms with Gasteiger partial charge in [-0.25, -0.2) is 4.39 Å². The highest BCUT2D eigenvalue weighted by molar-refractivity contribution is 14.0. The van der Waals surface area contributed by atoms with Crippen molar-refractivity contribution in [1.29, 1.82) is 0 Å². The first-order chi connectivity index (χ1) is 10.7. The number of halogens is 3. The van der Waals surface area contributed by atoms with Crippen LogP contribution in [-0.4, -0.2) is 38.3 Å². The van der Waals surface area contributed by atoms with Gasteiger partial charge in [0, 0.05) is 35.7 Å². The Morgan fingerprint density at radius 1 is 1.43 bits per heavy atom. The molecule has 0 aromatic heterocycles. The summed E-state index contributed by atoms with van der Waals surface area (Å²) in [6.07, 6.45) is 0.858. The van der Waals surface area contributed by atoms with Crippen molar-refractivity contribution in [3.63, 3.8) is 0 Å². The molecule has 7 heteroatoms. The van der Waals surface area contributed by atoms with Crippen molar-refractivity contribution in [2.45, 2.75) is 32.2 Å². The standard InChI is InChI=1S/C16H23ClFN3O.HI/c1-3-19-16(20-8-9-22-4-2)21-14-10-11(14)15-12(17)6-5-7-13(15)18;/h5-7,11,14H,3-4,8-10H2,1-2H3,(H2,19,20,21);1H. The maximum atomic E-state index is 13.9. The Morgan fingerprint density at radius 2 is 2.22 bits per heavy atom. The van der Waals surface area contributed by atoms with Crippen LogP contribution in [0, 0.1) is 5.82 Å². The highest BCUT2D eigenvalue weighted by Crippen LogP contribution is 2.44. The second kappa shape index (κ2) is 10.3. The number of aliphatic imine (C=N–C) groups is 1. The SMILES string of the molecule is CCNC(=NCCOCC)NC1CC1c1c(F)cccc1Cl.I. The molecule has 1 saturated carbocycles. The van der Waals surface area contributed by atoms with E-state index < -0.39 is 0 Å². The van der Waals surface area contributed by atoms with Gasteiger partial charge in [0.2, 0.25) is 0 Å². The van der Waals surface area contributed by atoms with Crippen LogP contribution in [0.5, 0.6) is 0 Å². The van der Waals surface area contributed by atoms with E-state index in [9.17, 15) is 4.39 Å². The van der Waals surface area contributed by atoms with Crippen molar-refractivity contribution in [2.24, 2.45) is 4.99 Å². The first kappa shape index (κ1) is 20.4. The summed E-state index contributed by atoms with van der Waals surface area (Å²) in [4.78, 5) is 4.45. The Labute approximate surface area is 159 Å². The lowest BCUT2D eigenvalue weighted by atomic mass is 10.1. The highest BCUT2D eigenvalue weighted by atomic mass is 127. The van der Waals surface area contributed by atoms with Crippen LogP contribution < -0.4 is 10.6 Å². The number of hydrogen-bond donors (Lipinski definition) is 2. The molecule has 2 rings (SSSR count). The minimum Gasteiger partial charge on any atom is -0.380 e. The number of hydrogen-bond acceptors (Lipinski definition) is 2. The van der Waals surface area contributed by atoms with Crippen LogP contribution in [0.4, 0.5) is 4.39 Å². The summed E-state index contributed by atoms with van der Waals surface area (Å²) in [7, 11) is 0. The van der Waals surface area contributed by atoms with E-state index in [2.05, 4.69) is 15.6 Å². The molecule has 2 unspecified atom stereocenters. The molecule has 130 valence electrons. The molecule has 23 heavy (non-hydrogen) atoms. The van der Waals surface area contributed by atoms with Crippen molar-refractivity contribution < 1.29 is 9.13 Å². The number of rotatable bonds is 7. The van der Waals surface area contributed by atoms with Gasteiger partial charge in [0.15, 0.2) is 5.96 Å². The summed E-state index contributed by atoms with van der Waals surface area (Å²) < 4.78 is 19.2. The lowest BCUT2D eigenvalue weighted by Crippen LogP contribution is -2.39. The van der Waals surface area contributed by atoms with Crippen molar-refractivity contribution >= 4 is 41.5 Å². The molecule has 1 aliphatic rings. The number of guanidine groups is 1. The monoisotopic (exact) mass is 455 g/mol. The smallest absolute Gasteiger partial charge is 0.191 e. The van der Waals surface area contributed by atoms with Crippen LogP contribution in [0.1, 0.15) is 31.7 Å². The Bertz CT molecular complexity index is 510. The molecule has 0 bridgehead atoms. The topological polar surface area (TPSA) is 45.7 Å². The molecule has 1 aromatic carbocycles. The third kappa shape index (κ3) is 6.08. The predicted octanol–water partition coefficient (Wildman–Crippen LogP) is 3.54. The molecule has 0 saturated heterocycles. The average molecular weight is 456 g/mol. The van der Waals surface area contributed by atoms with E-state index in [-0.39, 0.29) is 41.8 Å². The summed E-state index contributed by atoms with van der Waals surface area (Å²) >= 11 is 6.12. The molecule has 0 aliphatic heterocycles. The number of ether oxygens (including phenoxy) is 1. The van der Waals surface area contributed by atoms with Crippen LogP contribution in [0.25, 0.3) is 0 Å². The Morgan fingerprint density at radius 3 is 2.87 bits per heavy atom. The van der Waals surface area contributed by atoms with E-state index >= 15 is 0 Å². The minimum absolute atomic E-state index is 0. The van der Waals surface area contributed by atoms with Crippen molar-refractivity contribution in [1.82, 2.24) is 10.6 Å². The molecular weight excluding hydrogens is 432 g/mol. The number of nitrogens with one attached hydrogen (secondary N) is 2. The highest BCUT2D eigenvalue weighted by Gasteiger charge is 2.41. The molecule has 2 N–H and O–H groups in total. The molecule has 1 aromatic rings. The molecule has 0 amide bonds. The Kier molecular flexibility index (Phi) is 9.16. The second-order valence-corrected chi connectivity index (χ2v) is 5.59. The maximum Gasteiger partial charge on any atom is 0.191 e. The van der Waals surface area contributed by atoms with Gasteiger partial charge in [0.1, 0.15) is 5.82 Å². The summed E-state index contributed by atoms with van der Waals surface area (Å²) in [5.41, 5.74) is 0.604.